The number of hydrogen-bond acceptors (Lipinski definition) is 3. The molecule has 0 aliphatic carbocycles. The van der Waals surface area contributed by atoms with Crippen molar-refractivity contribution < 1.29 is 5.11 Å². The molecule has 3 nitrogen and oxygen atoms in total. The van der Waals surface area contributed by atoms with Gasteiger partial charge in [-0.05, 0) is 42.3 Å². The molecule has 94 valence electrons. The summed E-state index contributed by atoms with van der Waals surface area (Å²) in [7, 11) is 0. The van der Waals surface area contributed by atoms with Crippen LogP contribution in [0, 0.1) is 0 Å². The Kier molecular flexibility index (Phi) is 3.55. The highest BCUT2D eigenvalue weighted by molar-refractivity contribution is 6.30. The van der Waals surface area contributed by atoms with Crippen molar-refractivity contribution in [2.45, 2.75) is 18.9 Å². The van der Waals surface area contributed by atoms with Gasteiger partial charge in [-0.15, -0.1) is 0 Å². The third-order valence-corrected chi connectivity index (χ3v) is 3.08. The number of pyridine rings is 1. The zero-order chi connectivity index (χ0) is 13.2. The number of anilines is 1. The Bertz CT molecular complexity index is 555. The Labute approximate surface area is 111 Å². The molecule has 0 aliphatic heterocycles. The van der Waals surface area contributed by atoms with Crippen LogP contribution in [-0.4, -0.2) is 10.1 Å². The van der Waals surface area contributed by atoms with Crippen LogP contribution in [0.2, 0.25) is 5.02 Å². The average molecular weight is 263 g/mol. The van der Waals surface area contributed by atoms with Crippen molar-refractivity contribution in [2.24, 2.45) is 0 Å². The molecule has 0 bridgehead atoms. The Hall–Kier alpha value is -1.58. The summed E-state index contributed by atoms with van der Waals surface area (Å²) >= 11 is 5.94. The fraction of sp³-hybridized carbons (Fsp3) is 0.214. The largest absolute Gasteiger partial charge is 0.385 e. The molecule has 0 amide bonds. The number of benzene rings is 1. The predicted molar refractivity (Wildman–Crippen MR) is 73.4 cm³/mol. The van der Waals surface area contributed by atoms with Crippen LogP contribution in [0.25, 0.3) is 0 Å². The molecule has 0 saturated carbocycles. The lowest BCUT2D eigenvalue weighted by Crippen LogP contribution is -2.24. The number of hydrogen-bond donors (Lipinski definition) is 2. The predicted octanol–water partition coefficient (Wildman–Crippen LogP) is 2.77. The highest BCUT2D eigenvalue weighted by atomic mass is 35.5. The summed E-state index contributed by atoms with van der Waals surface area (Å²) in [6.07, 6.45) is 2.10. The van der Waals surface area contributed by atoms with E-state index in [1.165, 1.54) is 0 Å². The number of halogens is 1. The first-order valence-electron chi connectivity index (χ1n) is 5.66. The molecule has 3 N–H and O–H groups in total. The van der Waals surface area contributed by atoms with Gasteiger partial charge in [0, 0.05) is 17.6 Å². The maximum atomic E-state index is 10.5. The number of nitrogens with two attached hydrogens (primary N) is 1. The van der Waals surface area contributed by atoms with Crippen LogP contribution in [0.15, 0.2) is 42.6 Å². The van der Waals surface area contributed by atoms with E-state index < -0.39 is 5.60 Å². The minimum absolute atomic E-state index is 0.453. The molecule has 0 saturated heterocycles. The Balaban J connectivity index is 2.26. The van der Waals surface area contributed by atoms with Gasteiger partial charge in [0.25, 0.3) is 0 Å². The average Bonchev–Trinajstić information content (AvgIpc) is 2.28. The smallest absolute Gasteiger partial charge is 0.123 e. The second-order valence-electron chi connectivity index (χ2n) is 4.55. The van der Waals surface area contributed by atoms with Crippen LogP contribution in [0.3, 0.4) is 0 Å². The Morgan fingerprint density at radius 2 is 2.11 bits per heavy atom. The summed E-state index contributed by atoms with van der Waals surface area (Å²) in [6.45, 7) is 1.76. The van der Waals surface area contributed by atoms with Crippen molar-refractivity contribution in [2.75, 3.05) is 5.73 Å². The van der Waals surface area contributed by atoms with Gasteiger partial charge in [0.05, 0.1) is 5.60 Å². The summed E-state index contributed by atoms with van der Waals surface area (Å²) in [5, 5.41) is 11.1. The summed E-state index contributed by atoms with van der Waals surface area (Å²) in [5.41, 5.74) is 6.36. The van der Waals surface area contributed by atoms with Gasteiger partial charge in [-0.2, -0.15) is 0 Å². The molecular weight excluding hydrogens is 248 g/mol. The van der Waals surface area contributed by atoms with Gasteiger partial charge in [-0.3, -0.25) is 0 Å². The van der Waals surface area contributed by atoms with Crippen molar-refractivity contribution in [3.63, 3.8) is 0 Å². The molecule has 1 aromatic carbocycles. The SMILES string of the molecule is CC(O)(Cc1ccnc(N)c1)c1cccc(Cl)c1. The monoisotopic (exact) mass is 262 g/mol. The molecule has 4 heteroatoms. The fourth-order valence-electron chi connectivity index (χ4n) is 1.93. The topological polar surface area (TPSA) is 59.1 Å². The summed E-state index contributed by atoms with van der Waals surface area (Å²) in [5.74, 6) is 0.453. The van der Waals surface area contributed by atoms with E-state index in [9.17, 15) is 5.11 Å². The zero-order valence-electron chi connectivity index (χ0n) is 10.1. The molecule has 0 fully saturated rings. The van der Waals surface area contributed by atoms with Gasteiger partial charge < -0.3 is 10.8 Å². The van der Waals surface area contributed by atoms with Crippen LogP contribution < -0.4 is 5.73 Å². The first-order valence-corrected chi connectivity index (χ1v) is 6.04. The molecule has 1 unspecified atom stereocenters. The molecule has 1 heterocycles. The second-order valence-corrected chi connectivity index (χ2v) is 4.99. The van der Waals surface area contributed by atoms with Crippen LogP contribution in [-0.2, 0) is 12.0 Å². The standard InChI is InChI=1S/C14H15ClN2O/c1-14(18,11-3-2-4-12(15)8-11)9-10-5-6-17-13(16)7-10/h2-8,18H,9H2,1H3,(H2,16,17). The van der Waals surface area contributed by atoms with Crippen LogP contribution in [0.5, 0.6) is 0 Å². The van der Waals surface area contributed by atoms with Crippen molar-refractivity contribution in [1.82, 2.24) is 4.98 Å². The van der Waals surface area contributed by atoms with E-state index in [0.717, 1.165) is 11.1 Å². The molecule has 0 aliphatic rings. The highest BCUT2D eigenvalue weighted by Gasteiger charge is 2.23. The molecule has 2 rings (SSSR count). The van der Waals surface area contributed by atoms with E-state index in [4.69, 9.17) is 17.3 Å². The number of rotatable bonds is 3. The van der Waals surface area contributed by atoms with Gasteiger partial charge in [0.1, 0.15) is 5.82 Å². The minimum atomic E-state index is -0.987. The summed E-state index contributed by atoms with van der Waals surface area (Å²) in [6, 6.07) is 10.8. The third kappa shape index (κ3) is 3.00. The van der Waals surface area contributed by atoms with Gasteiger partial charge in [-0.1, -0.05) is 23.7 Å². The molecule has 0 radical (unpaired) electrons. The van der Waals surface area contributed by atoms with E-state index in [1.54, 1.807) is 31.3 Å². The van der Waals surface area contributed by atoms with Crippen molar-refractivity contribution in [3.05, 3.63) is 58.7 Å². The summed E-state index contributed by atoms with van der Waals surface area (Å²) in [4.78, 5) is 3.93. The normalized spacial score (nSPS) is 14.2. The second kappa shape index (κ2) is 4.96. The van der Waals surface area contributed by atoms with Gasteiger partial charge in [0.2, 0.25) is 0 Å². The van der Waals surface area contributed by atoms with Gasteiger partial charge >= 0.3 is 0 Å². The molecule has 18 heavy (non-hydrogen) atoms. The Morgan fingerprint density at radius 1 is 1.33 bits per heavy atom. The number of nitrogen functional groups attached to an aromatic ring is 1. The van der Waals surface area contributed by atoms with Crippen LogP contribution in [0.1, 0.15) is 18.1 Å². The Morgan fingerprint density at radius 3 is 2.78 bits per heavy atom. The molecule has 1 atom stereocenters. The lowest BCUT2D eigenvalue weighted by Gasteiger charge is -2.24. The first kappa shape index (κ1) is 12.9. The first-order chi connectivity index (χ1) is 8.47. The number of aliphatic hydroxyl groups is 1. The lowest BCUT2D eigenvalue weighted by atomic mass is 9.89. The van der Waals surface area contributed by atoms with Gasteiger partial charge in [-0.25, -0.2) is 4.98 Å². The van der Waals surface area contributed by atoms with E-state index in [2.05, 4.69) is 4.98 Å². The van der Waals surface area contributed by atoms with E-state index in [1.807, 2.05) is 18.2 Å². The van der Waals surface area contributed by atoms with E-state index in [-0.39, 0.29) is 0 Å². The molecule has 1 aromatic heterocycles. The molecular formula is C14H15ClN2O. The van der Waals surface area contributed by atoms with Crippen molar-refractivity contribution in [1.29, 1.82) is 0 Å². The van der Waals surface area contributed by atoms with Crippen molar-refractivity contribution in [3.8, 4) is 0 Å². The fourth-order valence-corrected chi connectivity index (χ4v) is 2.12. The minimum Gasteiger partial charge on any atom is -0.385 e. The van der Waals surface area contributed by atoms with E-state index >= 15 is 0 Å². The highest BCUT2D eigenvalue weighted by Crippen LogP contribution is 2.27. The maximum Gasteiger partial charge on any atom is 0.123 e. The summed E-state index contributed by atoms with van der Waals surface area (Å²) < 4.78 is 0. The lowest BCUT2D eigenvalue weighted by molar-refractivity contribution is 0.0576. The number of nitrogens with zero attached hydrogens (tertiary/aromatic N) is 1. The van der Waals surface area contributed by atoms with Crippen LogP contribution in [0.4, 0.5) is 5.82 Å². The third-order valence-electron chi connectivity index (χ3n) is 2.84. The molecule has 2 aromatic rings. The zero-order valence-corrected chi connectivity index (χ0v) is 10.9. The molecule has 0 spiro atoms. The van der Waals surface area contributed by atoms with Gasteiger partial charge in [0.15, 0.2) is 0 Å². The van der Waals surface area contributed by atoms with Crippen LogP contribution >= 0.6 is 11.6 Å². The number of aromatic nitrogens is 1. The quantitative estimate of drug-likeness (QED) is 0.894. The van der Waals surface area contributed by atoms with Crippen molar-refractivity contribution >= 4 is 17.4 Å². The maximum absolute atomic E-state index is 10.5. The van der Waals surface area contributed by atoms with E-state index in [0.29, 0.717) is 17.3 Å².